The molecule has 0 radical (unpaired) electrons. The number of anilines is 1. The average Bonchev–Trinajstić information content (AvgIpc) is 2.68. The third kappa shape index (κ3) is 5.58. The van der Waals surface area contributed by atoms with E-state index in [0.717, 1.165) is 19.6 Å². The topological polar surface area (TPSA) is 89.1 Å². The molecule has 0 bridgehead atoms. The number of amides is 2. The number of hydrogen-bond donors (Lipinski definition) is 2. The Kier molecular flexibility index (Phi) is 7.44. The van der Waals surface area contributed by atoms with Gasteiger partial charge in [-0.15, -0.1) is 0 Å². The fourth-order valence-electron chi connectivity index (χ4n) is 2.67. The van der Waals surface area contributed by atoms with Gasteiger partial charge in [0.2, 0.25) is 11.8 Å². The van der Waals surface area contributed by atoms with Crippen molar-refractivity contribution < 1.29 is 23.8 Å². The number of methoxy groups -OCH3 is 2. The van der Waals surface area contributed by atoms with Crippen LogP contribution in [0.5, 0.6) is 11.5 Å². The van der Waals surface area contributed by atoms with Gasteiger partial charge in [0.25, 0.3) is 0 Å². The summed E-state index contributed by atoms with van der Waals surface area (Å²) < 4.78 is 15.7. The van der Waals surface area contributed by atoms with Crippen LogP contribution in [0.15, 0.2) is 18.2 Å². The zero-order valence-electron chi connectivity index (χ0n) is 16.5. The zero-order valence-corrected chi connectivity index (χ0v) is 16.5. The van der Waals surface area contributed by atoms with E-state index in [1.165, 1.54) is 7.11 Å². The van der Waals surface area contributed by atoms with Gasteiger partial charge in [-0.05, 0) is 26.0 Å². The molecule has 0 unspecified atom stereocenters. The number of nitrogens with one attached hydrogen (secondary N) is 2. The first-order valence-corrected chi connectivity index (χ1v) is 9.00. The van der Waals surface area contributed by atoms with Crippen LogP contribution in [0.2, 0.25) is 0 Å². The molecule has 2 amide bonds. The molecule has 1 fully saturated rings. The third-order valence-corrected chi connectivity index (χ3v) is 4.61. The quantitative estimate of drug-likeness (QED) is 0.658. The summed E-state index contributed by atoms with van der Waals surface area (Å²) in [5.41, 5.74) is -0.782. The molecule has 0 spiro atoms. The van der Waals surface area contributed by atoms with Crippen molar-refractivity contribution in [2.24, 2.45) is 5.41 Å². The second-order valence-electron chi connectivity index (χ2n) is 6.86. The predicted octanol–water partition coefficient (Wildman–Crippen LogP) is 1.12. The number of hydrogen-bond acceptors (Lipinski definition) is 6. The minimum atomic E-state index is -1.24. The van der Waals surface area contributed by atoms with E-state index < -0.39 is 11.3 Å². The van der Waals surface area contributed by atoms with Crippen molar-refractivity contribution in [2.45, 2.75) is 13.8 Å². The van der Waals surface area contributed by atoms with Gasteiger partial charge in [-0.25, -0.2) is 0 Å². The molecule has 0 aromatic heterocycles. The van der Waals surface area contributed by atoms with E-state index in [9.17, 15) is 9.59 Å². The highest BCUT2D eigenvalue weighted by molar-refractivity contribution is 6.10. The van der Waals surface area contributed by atoms with Gasteiger partial charge < -0.3 is 24.8 Å². The molecule has 8 heteroatoms. The maximum atomic E-state index is 12.7. The van der Waals surface area contributed by atoms with Crippen molar-refractivity contribution in [3.63, 3.8) is 0 Å². The van der Waals surface area contributed by atoms with Gasteiger partial charge in [-0.3, -0.25) is 14.5 Å². The molecular formula is C19H29N3O5. The zero-order chi connectivity index (χ0) is 19.9. The number of benzene rings is 1. The number of carbonyl (C=O) groups is 2. The van der Waals surface area contributed by atoms with Gasteiger partial charge in [0.1, 0.15) is 16.9 Å². The molecule has 1 aromatic rings. The van der Waals surface area contributed by atoms with Gasteiger partial charge in [-0.2, -0.15) is 0 Å². The first kappa shape index (κ1) is 21.0. The molecule has 8 nitrogen and oxygen atoms in total. The lowest BCUT2D eigenvalue weighted by Crippen LogP contribution is -2.48. The lowest BCUT2D eigenvalue weighted by Gasteiger charge is -2.28. The van der Waals surface area contributed by atoms with Crippen molar-refractivity contribution in [1.29, 1.82) is 0 Å². The summed E-state index contributed by atoms with van der Waals surface area (Å²) in [6, 6.07) is 5.09. The molecule has 0 aliphatic carbocycles. The second-order valence-corrected chi connectivity index (χ2v) is 6.86. The minimum Gasteiger partial charge on any atom is -0.497 e. The Morgan fingerprint density at radius 2 is 1.85 bits per heavy atom. The van der Waals surface area contributed by atoms with E-state index in [2.05, 4.69) is 15.5 Å². The fraction of sp³-hybridized carbons (Fsp3) is 0.579. The molecule has 2 N–H and O–H groups in total. The lowest BCUT2D eigenvalue weighted by atomic mass is 9.91. The van der Waals surface area contributed by atoms with E-state index in [4.69, 9.17) is 14.2 Å². The van der Waals surface area contributed by atoms with Crippen LogP contribution in [0.25, 0.3) is 0 Å². The molecule has 1 aromatic carbocycles. The molecule has 0 atom stereocenters. The van der Waals surface area contributed by atoms with Crippen LogP contribution in [-0.2, 0) is 14.3 Å². The van der Waals surface area contributed by atoms with Crippen molar-refractivity contribution in [3.8, 4) is 11.5 Å². The first-order chi connectivity index (χ1) is 12.9. The Morgan fingerprint density at radius 3 is 2.48 bits per heavy atom. The summed E-state index contributed by atoms with van der Waals surface area (Å²) in [4.78, 5) is 27.5. The molecule has 0 saturated carbocycles. The summed E-state index contributed by atoms with van der Waals surface area (Å²) in [5, 5.41) is 5.62. The normalized spacial score (nSPS) is 15.1. The maximum Gasteiger partial charge on any atom is 0.239 e. The van der Waals surface area contributed by atoms with Gasteiger partial charge >= 0.3 is 0 Å². The largest absolute Gasteiger partial charge is 0.497 e. The monoisotopic (exact) mass is 379 g/mol. The van der Waals surface area contributed by atoms with E-state index in [0.29, 0.717) is 36.9 Å². The molecule has 150 valence electrons. The standard InChI is InChI=1S/C19H29N3O5/c1-19(2,17(23)20-7-8-22-9-11-27-12-10-22)18(24)21-15-13-14(25-3)5-6-16(15)26-4/h5-6,13H,7-12H2,1-4H3,(H,20,23)(H,21,24). The van der Waals surface area contributed by atoms with Gasteiger partial charge in [0.15, 0.2) is 0 Å². The molecular weight excluding hydrogens is 350 g/mol. The minimum absolute atomic E-state index is 0.324. The summed E-state index contributed by atoms with van der Waals surface area (Å²) in [7, 11) is 3.06. The summed E-state index contributed by atoms with van der Waals surface area (Å²) in [5.74, 6) is 0.333. The highest BCUT2D eigenvalue weighted by Crippen LogP contribution is 2.30. The highest BCUT2D eigenvalue weighted by atomic mass is 16.5. The molecule has 1 aliphatic rings. The Bertz CT molecular complexity index is 657. The van der Waals surface area contributed by atoms with Crippen LogP contribution < -0.4 is 20.1 Å². The third-order valence-electron chi connectivity index (χ3n) is 4.61. The number of rotatable bonds is 8. The lowest BCUT2D eigenvalue weighted by molar-refractivity contribution is -0.138. The number of ether oxygens (including phenoxy) is 3. The SMILES string of the molecule is COc1ccc(OC)c(NC(=O)C(C)(C)C(=O)NCCN2CCOCC2)c1. The van der Waals surface area contributed by atoms with Crippen LogP contribution in [0.4, 0.5) is 5.69 Å². The van der Waals surface area contributed by atoms with Crippen LogP contribution >= 0.6 is 0 Å². The van der Waals surface area contributed by atoms with Crippen molar-refractivity contribution in [1.82, 2.24) is 10.2 Å². The second kappa shape index (κ2) is 9.57. The number of nitrogens with zero attached hydrogens (tertiary/aromatic N) is 1. The molecule has 1 saturated heterocycles. The van der Waals surface area contributed by atoms with Gasteiger partial charge in [0.05, 0.1) is 33.1 Å². The van der Waals surface area contributed by atoms with Crippen molar-refractivity contribution >= 4 is 17.5 Å². The number of morpholine rings is 1. The average molecular weight is 379 g/mol. The predicted molar refractivity (Wildman–Crippen MR) is 102 cm³/mol. The van der Waals surface area contributed by atoms with Crippen LogP contribution in [0.1, 0.15) is 13.8 Å². The Hall–Kier alpha value is -2.32. The Balaban J connectivity index is 1.94. The van der Waals surface area contributed by atoms with E-state index >= 15 is 0 Å². The summed E-state index contributed by atoms with van der Waals surface area (Å²) >= 11 is 0. The van der Waals surface area contributed by atoms with Crippen molar-refractivity contribution in [3.05, 3.63) is 18.2 Å². The van der Waals surface area contributed by atoms with E-state index in [-0.39, 0.29) is 5.91 Å². The van der Waals surface area contributed by atoms with Crippen LogP contribution in [0, 0.1) is 5.41 Å². The van der Waals surface area contributed by atoms with Gasteiger partial charge in [-0.1, -0.05) is 0 Å². The van der Waals surface area contributed by atoms with Crippen LogP contribution in [0.3, 0.4) is 0 Å². The fourth-order valence-corrected chi connectivity index (χ4v) is 2.67. The Morgan fingerprint density at radius 1 is 1.15 bits per heavy atom. The van der Waals surface area contributed by atoms with E-state index in [1.807, 2.05) is 0 Å². The molecule has 1 heterocycles. The van der Waals surface area contributed by atoms with E-state index in [1.54, 1.807) is 39.2 Å². The molecule has 2 rings (SSSR count). The Labute approximate surface area is 160 Å². The summed E-state index contributed by atoms with van der Waals surface area (Å²) in [6.07, 6.45) is 0. The highest BCUT2D eigenvalue weighted by Gasteiger charge is 2.36. The summed E-state index contributed by atoms with van der Waals surface area (Å²) in [6.45, 7) is 7.55. The van der Waals surface area contributed by atoms with Crippen LogP contribution in [-0.4, -0.2) is 70.3 Å². The maximum absolute atomic E-state index is 12.7. The van der Waals surface area contributed by atoms with Gasteiger partial charge in [0, 0.05) is 32.2 Å². The first-order valence-electron chi connectivity index (χ1n) is 9.00. The molecule has 1 aliphatic heterocycles. The number of carbonyl (C=O) groups excluding carboxylic acids is 2. The van der Waals surface area contributed by atoms with Crippen molar-refractivity contribution in [2.75, 3.05) is 58.9 Å². The smallest absolute Gasteiger partial charge is 0.239 e. The molecule has 27 heavy (non-hydrogen) atoms.